The molecule has 6 nitrogen and oxygen atoms in total. The Morgan fingerprint density at radius 1 is 1.14 bits per heavy atom. The smallest absolute Gasteiger partial charge is 0.172 e. The molecule has 0 spiro atoms. The van der Waals surface area contributed by atoms with Gasteiger partial charge in [0.05, 0.1) is 17.4 Å². The predicted octanol–water partition coefficient (Wildman–Crippen LogP) is 1.05. The number of aromatic hydroxyl groups is 1. The normalized spacial score (nSPS) is 20.4. The number of piperazine rings is 1. The van der Waals surface area contributed by atoms with E-state index >= 15 is 0 Å². The molecule has 108 valence electrons. The number of benzene rings is 1. The van der Waals surface area contributed by atoms with Gasteiger partial charge in [0.15, 0.2) is 5.82 Å². The van der Waals surface area contributed by atoms with Crippen molar-refractivity contribution >= 4 is 11.5 Å². The minimum atomic E-state index is 0.258. The van der Waals surface area contributed by atoms with Crippen molar-refractivity contribution in [2.24, 2.45) is 0 Å². The van der Waals surface area contributed by atoms with Crippen molar-refractivity contribution in [1.82, 2.24) is 15.5 Å². The second kappa shape index (κ2) is 4.89. The number of phenolic OH excluding ortho intramolecular Hbond substituents is 1. The van der Waals surface area contributed by atoms with Crippen LogP contribution in [0.4, 0.5) is 11.5 Å². The maximum atomic E-state index is 9.39. The van der Waals surface area contributed by atoms with Crippen LogP contribution in [0.25, 0.3) is 11.3 Å². The van der Waals surface area contributed by atoms with Gasteiger partial charge in [-0.3, -0.25) is 0 Å². The molecule has 4 rings (SSSR count). The zero-order valence-electron chi connectivity index (χ0n) is 11.6. The average molecular weight is 283 g/mol. The van der Waals surface area contributed by atoms with Crippen LogP contribution in [0.2, 0.25) is 0 Å². The quantitative estimate of drug-likeness (QED) is 0.726. The van der Waals surface area contributed by atoms with E-state index < -0.39 is 0 Å². The second-order valence-electron chi connectivity index (χ2n) is 5.44. The Hall–Kier alpha value is -2.34. The number of phenols is 1. The number of rotatable bonds is 1. The Kier molecular flexibility index (Phi) is 2.89. The minimum absolute atomic E-state index is 0.258. The summed E-state index contributed by atoms with van der Waals surface area (Å²) in [7, 11) is 0. The zero-order chi connectivity index (χ0) is 14.2. The maximum Gasteiger partial charge on any atom is 0.172 e. The fourth-order valence-electron chi connectivity index (χ4n) is 2.97. The summed E-state index contributed by atoms with van der Waals surface area (Å²) < 4.78 is 0. The fraction of sp³-hybridized carbons (Fsp3) is 0.333. The largest absolute Gasteiger partial charge is 0.508 e. The van der Waals surface area contributed by atoms with Crippen molar-refractivity contribution in [3.05, 3.63) is 30.3 Å². The molecule has 0 bridgehead atoms. The highest BCUT2D eigenvalue weighted by Gasteiger charge is 2.29. The third-order valence-corrected chi connectivity index (χ3v) is 4.10. The lowest BCUT2D eigenvalue weighted by molar-refractivity contribution is 0.475. The van der Waals surface area contributed by atoms with Crippen molar-refractivity contribution in [1.29, 1.82) is 0 Å². The van der Waals surface area contributed by atoms with Gasteiger partial charge in [0.2, 0.25) is 0 Å². The Morgan fingerprint density at radius 2 is 2.00 bits per heavy atom. The van der Waals surface area contributed by atoms with Crippen LogP contribution in [-0.4, -0.2) is 47.5 Å². The van der Waals surface area contributed by atoms with E-state index in [9.17, 15) is 5.11 Å². The minimum Gasteiger partial charge on any atom is -0.508 e. The number of hydrogen-bond donors (Lipinski definition) is 3. The molecule has 3 heterocycles. The van der Waals surface area contributed by atoms with Crippen molar-refractivity contribution in [2.75, 3.05) is 36.4 Å². The van der Waals surface area contributed by atoms with E-state index in [2.05, 4.69) is 31.8 Å². The van der Waals surface area contributed by atoms with E-state index in [1.165, 1.54) is 0 Å². The van der Waals surface area contributed by atoms with E-state index in [4.69, 9.17) is 0 Å². The summed E-state index contributed by atoms with van der Waals surface area (Å²) in [6.07, 6.45) is 0. The van der Waals surface area contributed by atoms with Crippen LogP contribution in [0, 0.1) is 0 Å². The molecule has 1 aromatic heterocycles. The van der Waals surface area contributed by atoms with Gasteiger partial charge in [0.1, 0.15) is 5.75 Å². The second-order valence-corrected chi connectivity index (χ2v) is 5.44. The van der Waals surface area contributed by atoms with E-state index in [1.807, 2.05) is 12.1 Å². The number of hydrogen-bond acceptors (Lipinski definition) is 6. The van der Waals surface area contributed by atoms with E-state index in [1.54, 1.807) is 12.1 Å². The van der Waals surface area contributed by atoms with Crippen LogP contribution in [-0.2, 0) is 0 Å². The molecule has 2 aromatic rings. The fourth-order valence-corrected chi connectivity index (χ4v) is 2.97. The van der Waals surface area contributed by atoms with Crippen molar-refractivity contribution in [3.63, 3.8) is 0 Å². The lowest BCUT2D eigenvalue weighted by Crippen LogP contribution is -2.56. The number of nitrogens with zero attached hydrogens (tertiary/aromatic N) is 3. The molecule has 6 heteroatoms. The van der Waals surface area contributed by atoms with Gasteiger partial charge in [0.25, 0.3) is 0 Å². The summed E-state index contributed by atoms with van der Waals surface area (Å²) in [5.41, 5.74) is 2.90. The molecular weight excluding hydrogens is 266 g/mol. The third-order valence-electron chi connectivity index (χ3n) is 4.10. The van der Waals surface area contributed by atoms with Crippen LogP contribution < -0.4 is 15.5 Å². The molecule has 1 atom stereocenters. The van der Waals surface area contributed by atoms with Crippen LogP contribution >= 0.6 is 0 Å². The van der Waals surface area contributed by atoms with Gasteiger partial charge in [0, 0.05) is 31.7 Å². The molecule has 3 N–H and O–H groups in total. The van der Waals surface area contributed by atoms with Gasteiger partial charge >= 0.3 is 0 Å². The predicted molar refractivity (Wildman–Crippen MR) is 81.6 cm³/mol. The monoisotopic (exact) mass is 283 g/mol. The summed E-state index contributed by atoms with van der Waals surface area (Å²) in [5.74, 6) is 1.11. The Balaban J connectivity index is 1.74. The molecule has 1 aromatic carbocycles. The molecule has 0 amide bonds. The van der Waals surface area contributed by atoms with Crippen LogP contribution in [0.3, 0.4) is 0 Å². The highest BCUT2D eigenvalue weighted by molar-refractivity contribution is 5.74. The average Bonchev–Trinajstić information content (AvgIpc) is 2.55. The first-order chi connectivity index (χ1) is 10.3. The Bertz CT molecular complexity index is 658. The highest BCUT2D eigenvalue weighted by Crippen LogP contribution is 2.33. The summed E-state index contributed by atoms with van der Waals surface area (Å²) >= 11 is 0. The molecule has 2 aliphatic heterocycles. The number of aromatic nitrogens is 2. The number of anilines is 2. The standard InChI is InChI=1S/C15H17N5O/c21-12-3-1-10(2-4-12)13-7-14-15(19-18-13)17-9-11-8-16-5-6-20(11)14/h1-4,7,11,16,21H,5-6,8-9H2,(H,17,19). The zero-order valence-corrected chi connectivity index (χ0v) is 11.6. The molecule has 21 heavy (non-hydrogen) atoms. The van der Waals surface area contributed by atoms with Crippen LogP contribution in [0.5, 0.6) is 5.75 Å². The van der Waals surface area contributed by atoms with Crippen LogP contribution in [0.1, 0.15) is 0 Å². The molecule has 0 aliphatic carbocycles. The van der Waals surface area contributed by atoms with Crippen LogP contribution in [0.15, 0.2) is 30.3 Å². The Morgan fingerprint density at radius 3 is 2.86 bits per heavy atom. The first-order valence-electron chi connectivity index (χ1n) is 7.19. The molecular formula is C15H17N5O. The van der Waals surface area contributed by atoms with Gasteiger partial charge in [-0.15, -0.1) is 10.2 Å². The molecule has 0 radical (unpaired) electrons. The van der Waals surface area contributed by atoms with Gasteiger partial charge < -0.3 is 20.6 Å². The van der Waals surface area contributed by atoms with E-state index in [-0.39, 0.29) is 5.75 Å². The molecule has 1 fully saturated rings. The van der Waals surface area contributed by atoms with Gasteiger partial charge in [-0.25, -0.2) is 0 Å². The van der Waals surface area contributed by atoms with Crippen molar-refractivity contribution < 1.29 is 5.11 Å². The maximum absolute atomic E-state index is 9.39. The SMILES string of the molecule is Oc1ccc(-c2cc3c(nn2)NCC2CNCCN32)cc1. The van der Waals surface area contributed by atoms with Crippen molar-refractivity contribution in [3.8, 4) is 17.0 Å². The lowest BCUT2D eigenvalue weighted by atomic mass is 10.1. The number of nitrogens with one attached hydrogen (secondary N) is 2. The van der Waals surface area contributed by atoms with E-state index in [0.717, 1.165) is 48.9 Å². The Labute approximate surface area is 122 Å². The third kappa shape index (κ3) is 2.17. The topological polar surface area (TPSA) is 73.3 Å². The lowest BCUT2D eigenvalue weighted by Gasteiger charge is -2.42. The van der Waals surface area contributed by atoms with E-state index in [0.29, 0.717) is 6.04 Å². The van der Waals surface area contributed by atoms with Crippen molar-refractivity contribution in [2.45, 2.75) is 6.04 Å². The molecule has 1 unspecified atom stereocenters. The first-order valence-corrected chi connectivity index (χ1v) is 7.19. The summed E-state index contributed by atoms with van der Waals surface area (Å²) in [4.78, 5) is 2.40. The summed E-state index contributed by atoms with van der Waals surface area (Å²) in [5, 5.41) is 24.8. The highest BCUT2D eigenvalue weighted by atomic mass is 16.3. The molecule has 0 saturated carbocycles. The molecule has 1 saturated heterocycles. The summed E-state index contributed by atoms with van der Waals surface area (Å²) in [6.45, 7) is 3.86. The van der Waals surface area contributed by atoms with Gasteiger partial charge in [-0.1, -0.05) is 0 Å². The van der Waals surface area contributed by atoms with Gasteiger partial charge in [-0.05, 0) is 30.3 Å². The van der Waals surface area contributed by atoms with Gasteiger partial charge in [-0.2, -0.15) is 0 Å². The number of fused-ring (bicyclic) bond motifs is 3. The molecule has 2 aliphatic rings. The summed E-state index contributed by atoms with van der Waals surface area (Å²) in [6, 6.07) is 9.60. The first kappa shape index (κ1) is 12.4.